The molecule has 0 aromatic heterocycles. The van der Waals surface area contributed by atoms with E-state index in [9.17, 15) is 9.59 Å². The lowest BCUT2D eigenvalue weighted by Crippen LogP contribution is -2.58. The highest BCUT2D eigenvalue weighted by Crippen LogP contribution is 2.47. The molecule has 3 atom stereocenters. The first-order valence-corrected chi connectivity index (χ1v) is 7.54. The van der Waals surface area contributed by atoms with Gasteiger partial charge in [0.1, 0.15) is 12.0 Å². The van der Waals surface area contributed by atoms with E-state index in [0.29, 0.717) is 19.4 Å². The second-order valence-electron chi connectivity index (χ2n) is 6.82. The van der Waals surface area contributed by atoms with Crippen molar-refractivity contribution in [2.24, 2.45) is 17.1 Å². The molecule has 6 heteroatoms. The Bertz CT molecular complexity index is 367. The lowest BCUT2D eigenvalue weighted by Gasteiger charge is -2.44. The first-order valence-electron chi connectivity index (χ1n) is 7.54. The number of nitrogens with one attached hydrogen (secondary N) is 1. The highest BCUT2D eigenvalue weighted by molar-refractivity contribution is 5.73. The highest BCUT2D eigenvalue weighted by atomic mass is 16.5. The molecule has 6 nitrogen and oxygen atoms in total. The van der Waals surface area contributed by atoms with E-state index in [1.807, 2.05) is 0 Å². The van der Waals surface area contributed by atoms with Gasteiger partial charge in [-0.2, -0.15) is 0 Å². The fourth-order valence-electron chi connectivity index (χ4n) is 3.37. The fraction of sp³-hybridized carbons (Fsp3) is 0.867. The van der Waals surface area contributed by atoms with Crippen LogP contribution in [0, 0.1) is 11.3 Å². The zero-order valence-electron chi connectivity index (χ0n) is 13.2. The number of ether oxygens (including phenoxy) is 1. The predicted octanol–water partition coefficient (Wildman–Crippen LogP) is 1.14. The smallest absolute Gasteiger partial charge is 0.305 e. The normalized spacial score (nSPS) is 27.5. The average Bonchev–Trinajstić information content (AvgIpc) is 2.79. The van der Waals surface area contributed by atoms with Crippen LogP contribution < -0.4 is 11.1 Å². The maximum absolute atomic E-state index is 11.2. The third-order valence-corrected chi connectivity index (χ3v) is 4.12. The molecular weight excluding hydrogens is 272 g/mol. The van der Waals surface area contributed by atoms with E-state index in [1.54, 1.807) is 0 Å². The summed E-state index contributed by atoms with van der Waals surface area (Å²) in [6, 6.07) is -0.747. The van der Waals surface area contributed by atoms with E-state index in [0.717, 1.165) is 19.3 Å². The van der Waals surface area contributed by atoms with Crippen molar-refractivity contribution in [2.45, 2.75) is 58.2 Å². The summed E-state index contributed by atoms with van der Waals surface area (Å²) in [5, 5.41) is 12.1. The van der Waals surface area contributed by atoms with Gasteiger partial charge < -0.3 is 20.4 Å². The molecule has 2 unspecified atom stereocenters. The SMILES string of the molecule is CC(C)(C)C1CCCC1(N[C@H](C=O)CC(=O)O)OCCN. The second-order valence-corrected chi connectivity index (χ2v) is 6.82. The van der Waals surface area contributed by atoms with E-state index >= 15 is 0 Å². The van der Waals surface area contributed by atoms with Crippen molar-refractivity contribution >= 4 is 12.3 Å². The summed E-state index contributed by atoms with van der Waals surface area (Å²) in [7, 11) is 0. The van der Waals surface area contributed by atoms with E-state index in [-0.39, 0.29) is 17.8 Å². The van der Waals surface area contributed by atoms with Crippen LogP contribution in [0.4, 0.5) is 0 Å². The first-order chi connectivity index (χ1) is 9.75. The van der Waals surface area contributed by atoms with Crippen molar-refractivity contribution in [1.82, 2.24) is 5.32 Å². The van der Waals surface area contributed by atoms with Crippen LogP contribution in [0.3, 0.4) is 0 Å². The Morgan fingerprint density at radius 1 is 1.57 bits per heavy atom. The molecule has 0 aromatic rings. The molecule has 0 aliphatic heterocycles. The number of carboxylic acids is 1. The summed E-state index contributed by atoms with van der Waals surface area (Å²) < 4.78 is 6.00. The molecule has 1 rings (SSSR count). The molecule has 122 valence electrons. The van der Waals surface area contributed by atoms with Crippen LogP contribution in [0.2, 0.25) is 0 Å². The number of aliphatic carboxylic acids is 1. The molecule has 1 saturated carbocycles. The fourth-order valence-corrected chi connectivity index (χ4v) is 3.37. The Kier molecular flexibility index (Phi) is 6.31. The van der Waals surface area contributed by atoms with Crippen molar-refractivity contribution in [2.75, 3.05) is 13.2 Å². The predicted molar refractivity (Wildman–Crippen MR) is 79.8 cm³/mol. The number of carbonyl (C=O) groups is 2. The van der Waals surface area contributed by atoms with Gasteiger partial charge in [-0.1, -0.05) is 20.8 Å². The molecular formula is C15H28N2O4. The summed E-state index contributed by atoms with van der Waals surface area (Å²) in [5.74, 6) is -0.799. The molecule has 0 spiro atoms. The standard InChI is InChI=1S/C15H28N2O4/c1-14(2,3)12-5-4-6-15(12,21-8-7-16)17-11(10-18)9-13(19)20/h10-12,17H,4-9,16H2,1-3H3,(H,19,20)/t11-,12?,15?/m0/s1. The van der Waals surface area contributed by atoms with Crippen molar-refractivity contribution in [1.29, 1.82) is 0 Å². The largest absolute Gasteiger partial charge is 0.481 e. The van der Waals surface area contributed by atoms with Crippen molar-refractivity contribution in [3.05, 3.63) is 0 Å². The first kappa shape index (κ1) is 18.1. The number of hydrogen-bond acceptors (Lipinski definition) is 5. The minimum atomic E-state index is -1.00. The van der Waals surface area contributed by atoms with Gasteiger partial charge >= 0.3 is 5.97 Å². The number of hydrogen-bond donors (Lipinski definition) is 3. The molecule has 0 saturated heterocycles. The number of aldehydes is 1. The van der Waals surface area contributed by atoms with Crippen LogP contribution in [0.5, 0.6) is 0 Å². The molecule has 1 fully saturated rings. The van der Waals surface area contributed by atoms with E-state index in [1.165, 1.54) is 0 Å². The van der Waals surface area contributed by atoms with Gasteiger partial charge in [0.25, 0.3) is 0 Å². The van der Waals surface area contributed by atoms with Crippen LogP contribution in [-0.2, 0) is 14.3 Å². The van der Waals surface area contributed by atoms with Crippen LogP contribution in [0.1, 0.15) is 46.5 Å². The van der Waals surface area contributed by atoms with Crippen molar-refractivity contribution in [3.63, 3.8) is 0 Å². The molecule has 0 bridgehead atoms. The third-order valence-electron chi connectivity index (χ3n) is 4.12. The Morgan fingerprint density at radius 3 is 2.71 bits per heavy atom. The van der Waals surface area contributed by atoms with Gasteiger partial charge in [0.2, 0.25) is 0 Å². The molecule has 0 heterocycles. The van der Waals surface area contributed by atoms with E-state index < -0.39 is 17.7 Å². The topological polar surface area (TPSA) is 102 Å². The molecule has 1 aliphatic carbocycles. The zero-order chi connectivity index (χ0) is 16.1. The highest BCUT2D eigenvalue weighted by Gasteiger charge is 2.50. The second kappa shape index (κ2) is 7.33. The zero-order valence-corrected chi connectivity index (χ0v) is 13.2. The monoisotopic (exact) mass is 300 g/mol. The van der Waals surface area contributed by atoms with Gasteiger partial charge in [0, 0.05) is 12.5 Å². The lowest BCUT2D eigenvalue weighted by molar-refractivity contribution is -0.144. The number of carboxylic acid groups (broad SMARTS) is 1. The van der Waals surface area contributed by atoms with Crippen molar-refractivity contribution < 1.29 is 19.4 Å². The van der Waals surface area contributed by atoms with Gasteiger partial charge in [0.15, 0.2) is 0 Å². The summed E-state index contributed by atoms with van der Waals surface area (Å²) in [5.41, 5.74) is 4.87. The molecule has 0 amide bonds. The van der Waals surface area contributed by atoms with Gasteiger partial charge in [-0.15, -0.1) is 0 Å². The van der Waals surface area contributed by atoms with E-state index in [2.05, 4.69) is 26.1 Å². The maximum atomic E-state index is 11.2. The summed E-state index contributed by atoms with van der Waals surface area (Å²) in [6.07, 6.45) is 3.14. The number of carbonyl (C=O) groups excluding carboxylic acids is 1. The maximum Gasteiger partial charge on any atom is 0.305 e. The van der Waals surface area contributed by atoms with E-state index in [4.69, 9.17) is 15.6 Å². The Morgan fingerprint density at radius 2 is 2.24 bits per heavy atom. The Labute approximate surface area is 126 Å². The van der Waals surface area contributed by atoms with Gasteiger partial charge in [-0.05, 0) is 24.7 Å². The van der Waals surface area contributed by atoms with Gasteiger partial charge in [0.05, 0.1) is 19.1 Å². The van der Waals surface area contributed by atoms with Gasteiger partial charge in [-0.3, -0.25) is 10.1 Å². The summed E-state index contributed by atoms with van der Waals surface area (Å²) in [4.78, 5) is 22.1. The van der Waals surface area contributed by atoms with Crippen molar-refractivity contribution in [3.8, 4) is 0 Å². The van der Waals surface area contributed by atoms with Crippen LogP contribution in [0.15, 0.2) is 0 Å². The number of nitrogens with two attached hydrogens (primary N) is 1. The minimum Gasteiger partial charge on any atom is -0.481 e. The minimum absolute atomic E-state index is 0.00520. The van der Waals surface area contributed by atoms with Crippen LogP contribution in [-0.4, -0.2) is 42.3 Å². The molecule has 21 heavy (non-hydrogen) atoms. The molecule has 0 radical (unpaired) electrons. The quantitative estimate of drug-likeness (QED) is 0.459. The average molecular weight is 300 g/mol. The Hall–Kier alpha value is -0.980. The molecule has 1 aliphatic rings. The lowest BCUT2D eigenvalue weighted by atomic mass is 9.75. The Balaban J connectivity index is 2.96. The molecule has 0 aromatic carbocycles. The summed E-state index contributed by atoms with van der Waals surface area (Å²) >= 11 is 0. The molecule has 4 N–H and O–H groups in total. The van der Waals surface area contributed by atoms with Crippen LogP contribution >= 0.6 is 0 Å². The van der Waals surface area contributed by atoms with Gasteiger partial charge in [-0.25, -0.2) is 0 Å². The summed E-state index contributed by atoms with van der Waals surface area (Å²) in [6.45, 7) is 7.19. The van der Waals surface area contributed by atoms with Crippen LogP contribution in [0.25, 0.3) is 0 Å². The number of rotatable bonds is 8. The third kappa shape index (κ3) is 4.76.